The van der Waals surface area contributed by atoms with Crippen molar-refractivity contribution in [2.24, 2.45) is 0 Å². The molecule has 128 valence electrons. The van der Waals surface area contributed by atoms with Crippen molar-refractivity contribution >= 4 is 34.6 Å². The van der Waals surface area contributed by atoms with Crippen molar-refractivity contribution in [2.75, 3.05) is 5.73 Å². The quantitative estimate of drug-likeness (QED) is 0.741. The number of halogens is 1. The second-order valence-corrected chi connectivity index (χ2v) is 6.39. The Hall–Kier alpha value is -2.01. The van der Waals surface area contributed by atoms with Gasteiger partial charge in [0.25, 0.3) is 0 Å². The first kappa shape index (κ1) is 15.5. The van der Waals surface area contributed by atoms with E-state index in [1.165, 1.54) is 10.9 Å². The third-order valence-electron chi connectivity index (χ3n) is 3.97. The number of nitrogen functional groups attached to an aromatic ring is 1. The summed E-state index contributed by atoms with van der Waals surface area (Å²) in [7, 11) is 0. The number of nitrogens with two attached hydrogens (primary N) is 1. The number of carboxylic acid groups (broad SMARTS) is 1. The first-order chi connectivity index (χ1) is 11.3. The summed E-state index contributed by atoms with van der Waals surface area (Å²) in [5.41, 5.74) is 6.47. The van der Waals surface area contributed by atoms with E-state index in [0.717, 1.165) is 0 Å². The second-order valence-electron chi connectivity index (χ2n) is 6.05. The summed E-state index contributed by atoms with van der Waals surface area (Å²) in [6.07, 6.45) is -1.93. The zero-order valence-corrected chi connectivity index (χ0v) is 13.5. The molecule has 0 amide bonds. The third kappa shape index (κ3) is 2.22. The number of aliphatic carboxylic acids is 1. The normalized spacial score (nSPS) is 31.5. The minimum absolute atomic E-state index is 0.0463. The van der Waals surface area contributed by atoms with Gasteiger partial charge in [-0.2, -0.15) is 9.97 Å². The van der Waals surface area contributed by atoms with Gasteiger partial charge < -0.3 is 25.1 Å². The van der Waals surface area contributed by atoms with E-state index in [1.54, 1.807) is 13.8 Å². The molecular formula is C13H14ClN5O5. The summed E-state index contributed by atoms with van der Waals surface area (Å²) in [5, 5.41) is 9.35. The van der Waals surface area contributed by atoms with Gasteiger partial charge in [-0.05, 0) is 25.4 Å². The van der Waals surface area contributed by atoms with Gasteiger partial charge in [0.1, 0.15) is 17.7 Å². The van der Waals surface area contributed by atoms with Gasteiger partial charge in [-0.15, -0.1) is 0 Å². The van der Waals surface area contributed by atoms with Crippen LogP contribution >= 0.6 is 11.6 Å². The van der Waals surface area contributed by atoms with Crippen LogP contribution in [0.1, 0.15) is 20.1 Å². The molecule has 0 radical (unpaired) electrons. The maximum absolute atomic E-state index is 11.5. The van der Waals surface area contributed by atoms with Crippen LogP contribution in [0.3, 0.4) is 0 Å². The summed E-state index contributed by atoms with van der Waals surface area (Å²) in [5.74, 6) is -1.94. The maximum atomic E-state index is 11.5. The number of nitrogens with zero attached hydrogens (tertiary/aromatic N) is 4. The molecular weight excluding hydrogens is 342 g/mol. The highest BCUT2D eigenvalue weighted by atomic mass is 35.5. The Morgan fingerprint density at radius 3 is 2.79 bits per heavy atom. The standard InChI is InChI=1S/C13H14ClN5O5/c1-13(2)23-5-6(24-13)10(22-7(5)11(20)21)19-3-16-4-8(15)17-12(14)18-9(4)19/h3,5-7,10H,1-2H3,(H,20,21)(H2,15,17,18)/t5-,6-,7?,10?/m1/s1. The lowest BCUT2D eigenvalue weighted by Gasteiger charge is -2.23. The molecule has 0 aliphatic carbocycles. The van der Waals surface area contributed by atoms with E-state index in [4.69, 9.17) is 31.5 Å². The topological polar surface area (TPSA) is 135 Å². The zero-order valence-electron chi connectivity index (χ0n) is 12.7. The molecule has 0 spiro atoms. The molecule has 0 bridgehead atoms. The van der Waals surface area contributed by atoms with E-state index in [2.05, 4.69) is 15.0 Å². The minimum Gasteiger partial charge on any atom is -0.479 e. The highest BCUT2D eigenvalue weighted by Crippen LogP contribution is 2.43. The van der Waals surface area contributed by atoms with Gasteiger partial charge in [-0.1, -0.05) is 0 Å². The molecule has 0 aromatic carbocycles. The summed E-state index contributed by atoms with van der Waals surface area (Å²) >= 11 is 5.86. The first-order valence-electron chi connectivity index (χ1n) is 7.16. The SMILES string of the molecule is CC1(C)O[C@H]2C(C(=O)O)OC(n3cnc4c(N)nc(Cl)nc43)[C@@H]2O1. The van der Waals surface area contributed by atoms with Crippen LogP contribution in [0.2, 0.25) is 5.28 Å². The largest absolute Gasteiger partial charge is 0.479 e. The molecule has 3 N–H and O–H groups in total. The maximum Gasteiger partial charge on any atom is 0.335 e. The molecule has 2 aliphatic heterocycles. The molecule has 2 unspecified atom stereocenters. The molecule has 2 aliphatic rings. The molecule has 2 aromatic rings. The number of imidazole rings is 1. The van der Waals surface area contributed by atoms with Gasteiger partial charge >= 0.3 is 5.97 Å². The van der Waals surface area contributed by atoms with E-state index in [9.17, 15) is 9.90 Å². The lowest BCUT2D eigenvalue weighted by Crippen LogP contribution is -2.35. The Morgan fingerprint density at radius 2 is 2.08 bits per heavy atom. The van der Waals surface area contributed by atoms with Crippen molar-refractivity contribution in [1.29, 1.82) is 0 Å². The molecule has 4 atom stereocenters. The van der Waals surface area contributed by atoms with Gasteiger partial charge in [0.05, 0.1) is 6.33 Å². The summed E-state index contributed by atoms with van der Waals surface area (Å²) in [6.45, 7) is 3.43. The van der Waals surface area contributed by atoms with Gasteiger partial charge in [0, 0.05) is 0 Å². The van der Waals surface area contributed by atoms with Gasteiger partial charge in [-0.3, -0.25) is 4.57 Å². The van der Waals surface area contributed by atoms with Crippen LogP contribution in [-0.2, 0) is 19.0 Å². The second kappa shape index (κ2) is 4.99. The molecule has 10 nitrogen and oxygen atoms in total. The fourth-order valence-corrected chi connectivity index (χ4v) is 3.27. The van der Waals surface area contributed by atoms with Crippen molar-refractivity contribution < 1.29 is 24.1 Å². The van der Waals surface area contributed by atoms with Crippen LogP contribution in [0.25, 0.3) is 11.2 Å². The van der Waals surface area contributed by atoms with Gasteiger partial charge in [0.2, 0.25) is 5.28 Å². The lowest BCUT2D eigenvalue weighted by molar-refractivity contribution is -0.202. The number of ether oxygens (including phenoxy) is 3. The number of hydrogen-bond acceptors (Lipinski definition) is 8. The van der Waals surface area contributed by atoms with Crippen molar-refractivity contribution in [2.45, 2.75) is 44.2 Å². The van der Waals surface area contributed by atoms with Crippen molar-refractivity contribution in [1.82, 2.24) is 19.5 Å². The summed E-state index contributed by atoms with van der Waals surface area (Å²) < 4.78 is 18.7. The van der Waals surface area contributed by atoms with E-state index < -0.39 is 36.3 Å². The van der Waals surface area contributed by atoms with Crippen molar-refractivity contribution in [3.63, 3.8) is 0 Å². The Labute approximate surface area is 140 Å². The van der Waals surface area contributed by atoms with E-state index >= 15 is 0 Å². The third-order valence-corrected chi connectivity index (χ3v) is 4.14. The molecule has 4 heterocycles. The summed E-state index contributed by atoms with van der Waals surface area (Å²) in [6, 6.07) is 0. The number of hydrogen-bond donors (Lipinski definition) is 2. The van der Waals surface area contributed by atoms with Crippen LogP contribution in [0.15, 0.2) is 6.33 Å². The monoisotopic (exact) mass is 355 g/mol. The Kier molecular flexibility index (Phi) is 3.23. The number of anilines is 1. The molecule has 11 heteroatoms. The van der Waals surface area contributed by atoms with E-state index in [0.29, 0.717) is 11.2 Å². The average molecular weight is 356 g/mol. The fraction of sp³-hybridized carbons (Fsp3) is 0.538. The van der Waals surface area contributed by atoms with E-state index in [-0.39, 0.29) is 11.1 Å². The predicted molar refractivity (Wildman–Crippen MR) is 80.1 cm³/mol. The molecule has 2 fully saturated rings. The Morgan fingerprint density at radius 1 is 1.38 bits per heavy atom. The predicted octanol–water partition coefficient (Wildman–Crippen LogP) is 0.564. The zero-order chi connectivity index (χ0) is 17.2. The van der Waals surface area contributed by atoms with Crippen LogP contribution in [0.4, 0.5) is 5.82 Å². The van der Waals surface area contributed by atoms with Crippen LogP contribution in [-0.4, -0.2) is 54.7 Å². The Bertz CT molecular complexity index is 840. The number of aromatic nitrogens is 4. The highest BCUT2D eigenvalue weighted by Gasteiger charge is 2.58. The summed E-state index contributed by atoms with van der Waals surface area (Å²) in [4.78, 5) is 23.6. The molecule has 2 aromatic heterocycles. The van der Waals surface area contributed by atoms with Gasteiger partial charge in [0.15, 0.2) is 29.6 Å². The van der Waals surface area contributed by atoms with Crippen LogP contribution < -0.4 is 5.73 Å². The number of rotatable bonds is 2. The fourth-order valence-electron chi connectivity index (χ4n) is 3.10. The van der Waals surface area contributed by atoms with E-state index in [1.807, 2.05) is 0 Å². The molecule has 4 rings (SSSR count). The van der Waals surface area contributed by atoms with Gasteiger partial charge in [-0.25, -0.2) is 9.78 Å². The number of carbonyl (C=O) groups is 1. The van der Waals surface area contributed by atoms with Crippen molar-refractivity contribution in [3.8, 4) is 0 Å². The Balaban J connectivity index is 1.80. The smallest absolute Gasteiger partial charge is 0.335 e. The highest BCUT2D eigenvalue weighted by molar-refractivity contribution is 6.28. The van der Waals surface area contributed by atoms with Crippen LogP contribution in [0.5, 0.6) is 0 Å². The molecule has 2 saturated heterocycles. The minimum atomic E-state index is -1.17. The lowest BCUT2D eigenvalue weighted by atomic mass is 10.1. The first-order valence-corrected chi connectivity index (χ1v) is 7.54. The average Bonchev–Trinajstić information content (AvgIpc) is 3.09. The number of carboxylic acids is 1. The molecule has 0 saturated carbocycles. The molecule has 24 heavy (non-hydrogen) atoms. The van der Waals surface area contributed by atoms with Crippen molar-refractivity contribution in [3.05, 3.63) is 11.6 Å². The number of fused-ring (bicyclic) bond motifs is 2. The van der Waals surface area contributed by atoms with Crippen LogP contribution in [0, 0.1) is 0 Å².